The van der Waals surface area contributed by atoms with E-state index in [0.717, 1.165) is 0 Å². The summed E-state index contributed by atoms with van der Waals surface area (Å²) in [6, 6.07) is 9.65. The zero-order valence-electron chi connectivity index (χ0n) is 22.0. The molecule has 3 unspecified atom stereocenters. The van der Waals surface area contributed by atoms with Gasteiger partial charge in [-0.1, -0.05) is 19.9 Å². The average molecular weight is 535 g/mol. The van der Waals surface area contributed by atoms with Crippen LogP contribution in [-0.2, 0) is 9.59 Å². The normalized spacial score (nSPS) is 19.3. The lowest BCUT2D eigenvalue weighted by molar-refractivity contribution is -0.138. The zero-order chi connectivity index (χ0) is 27.7. The van der Waals surface area contributed by atoms with E-state index in [1.807, 2.05) is 13.8 Å². The summed E-state index contributed by atoms with van der Waals surface area (Å²) in [6.07, 6.45) is 1.48. The van der Waals surface area contributed by atoms with E-state index in [4.69, 9.17) is 13.9 Å². The van der Waals surface area contributed by atoms with Crippen molar-refractivity contribution in [3.8, 4) is 11.7 Å². The number of ether oxygens (including phenoxy) is 2. The SMILES string of the molecule is COc1ccc2oc(OC(=O)NC(CC(C)C)C(=O)N3CCC4C3C(=O)CN4C(=O)c3ccccn3)cc2c1. The summed E-state index contributed by atoms with van der Waals surface area (Å²) in [5.41, 5.74) is 0.767. The van der Waals surface area contributed by atoms with Crippen LogP contribution in [0, 0.1) is 5.92 Å². The Morgan fingerprint density at radius 2 is 1.97 bits per heavy atom. The van der Waals surface area contributed by atoms with Crippen LogP contribution < -0.4 is 14.8 Å². The number of hydrogen-bond donors (Lipinski definition) is 1. The summed E-state index contributed by atoms with van der Waals surface area (Å²) in [6.45, 7) is 4.07. The maximum absolute atomic E-state index is 13.7. The highest BCUT2D eigenvalue weighted by atomic mass is 16.6. The van der Waals surface area contributed by atoms with Crippen LogP contribution in [0.5, 0.6) is 11.7 Å². The van der Waals surface area contributed by atoms with Crippen molar-refractivity contribution in [3.63, 3.8) is 0 Å². The Labute approximate surface area is 225 Å². The van der Waals surface area contributed by atoms with E-state index in [2.05, 4.69) is 10.3 Å². The fraction of sp³-hybridized carbons (Fsp3) is 0.393. The van der Waals surface area contributed by atoms with Crippen LogP contribution in [0.4, 0.5) is 4.79 Å². The molecule has 2 saturated heterocycles. The third kappa shape index (κ3) is 5.29. The third-order valence-corrected chi connectivity index (χ3v) is 7.04. The number of rotatable bonds is 7. The second-order valence-corrected chi connectivity index (χ2v) is 10.1. The summed E-state index contributed by atoms with van der Waals surface area (Å²) in [7, 11) is 1.55. The first-order chi connectivity index (χ1) is 18.7. The number of likely N-dealkylation sites (tertiary alicyclic amines) is 2. The number of ketones is 1. The Kier molecular flexibility index (Phi) is 7.23. The first kappa shape index (κ1) is 26.2. The van der Waals surface area contributed by atoms with Gasteiger partial charge in [-0.2, -0.15) is 0 Å². The smallest absolute Gasteiger partial charge is 0.415 e. The van der Waals surface area contributed by atoms with Crippen molar-refractivity contribution in [2.24, 2.45) is 5.92 Å². The number of pyridine rings is 1. The molecule has 0 bridgehead atoms. The molecule has 3 atom stereocenters. The topological polar surface area (TPSA) is 131 Å². The van der Waals surface area contributed by atoms with Crippen LogP contribution >= 0.6 is 0 Å². The molecule has 2 fully saturated rings. The van der Waals surface area contributed by atoms with Crippen LogP contribution in [0.2, 0.25) is 0 Å². The van der Waals surface area contributed by atoms with E-state index in [1.165, 1.54) is 16.0 Å². The number of nitrogens with one attached hydrogen (secondary N) is 1. The highest BCUT2D eigenvalue weighted by Crippen LogP contribution is 2.32. The van der Waals surface area contributed by atoms with Crippen molar-refractivity contribution in [1.29, 1.82) is 0 Å². The Hall–Kier alpha value is -4.41. The Bertz CT molecular complexity index is 1400. The zero-order valence-corrected chi connectivity index (χ0v) is 22.0. The van der Waals surface area contributed by atoms with Crippen molar-refractivity contribution in [2.45, 2.75) is 44.8 Å². The highest BCUT2D eigenvalue weighted by molar-refractivity contribution is 6.02. The molecular formula is C28H30N4O7. The van der Waals surface area contributed by atoms with Gasteiger partial charge in [0.15, 0.2) is 5.78 Å². The van der Waals surface area contributed by atoms with E-state index in [0.29, 0.717) is 36.1 Å². The second kappa shape index (κ2) is 10.8. The summed E-state index contributed by atoms with van der Waals surface area (Å²) in [5.74, 6) is -0.260. The summed E-state index contributed by atoms with van der Waals surface area (Å²) < 4.78 is 16.1. The van der Waals surface area contributed by atoms with E-state index < -0.39 is 24.2 Å². The fourth-order valence-corrected chi connectivity index (χ4v) is 5.31. The van der Waals surface area contributed by atoms with Gasteiger partial charge in [0.25, 0.3) is 11.9 Å². The maximum Gasteiger partial charge on any atom is 0.415 e. The number of Topliss-reactive ketones (excluding diaryl/α,β-unsaturated/α-hetero) is 1. The number of amides is 3. The molecule has 3 aromatic rings. The molecule has 0 saturated carbocycles. The van der Waals surface area contributed by atoms with Crippen LogP contribution in [0.3, 0.4) is 0 Å². The van der Waals surface area contributed by atoms with Gasteiger partial charge in [-0.3, -0.25) is 19.4 Å². The lowest BCUT2D eigenvalue weighted by Gasteiger charge is -2.28. The van der Waals surface area contributed by atoms with Gasteiger partial charge in [-0.25, -0.2) is 4.79 Å². The predicted octanol–water partition coefficient (Wildman–Crippen LogP) is 3.03. The first-order valence-corrected chi connectivity index (χ1v) is 12.9. The van der Waals surface area contributed by atoms with Gasteiger partial charge in [0.2, 0.25) is 5.91 Å². The molecule has 11 nitrogen and oxygen atoms in total. The van der Waals surface area contributed by atoms with E-state index in [1.54, 1.807) is 49.6 Å². The lowest BCUT2D eigenvalue weighted by atomic mass is 10.0. The quantitative estimate of drug-likeness (QED) is 0.489. The molecule has 0 spiro atoms. The number of furan rings is 1. The average Bonchev–Trinajstić information content (AvgIpc) is 3.62. The molecule has 39 heavy (non-hydrogen) atoms. The molecular weight excluding hydrogens is 504 g/mol. The second-order valence-electron chi connectivity index (χ2n) is 10.1. The van der Waals surface area contributed by atoms with Crippen molar-refractivity contribution >= 4 is 34.7 Å². The molecule has 2 aromatic heterocycles. The minimum atomic E-state index is -0.922. The van der Waals surface area contributed by atoms with Crippen LogP contribution in [-0.4, -0.2) is 76.8 Å². The van der Waals surface area contributed by atoms with Crippen molar-refractivity contribution in [3.05, 3.63) is 54.4 Å². The van der Waals surface area contributed by atoms with Crippen LogP contribution in [0.15, 0.2) is 53.1 Å². The molecule has 5 rings (SSSR count). The maximum atomic E-state index is 13.7. The largest absolute Gasteiger partial charge is 0.497 e. The molecule has 11 heteroatoms. The summed E-state index contributed by atoms with van der Waals surface area (Å²) in [4.78, 5) is 59.6. The van der Waals surface area contributed by atoms with Gasteiger partial charge < -0.3 is 29.0 Å². The minimum absolute atomic E-state index is 0.0256. The molecule has 1 aromatic carbocycles. The Balaban J connectivity index is 1.28. The number of methoxy groups -OCH3 is 1. The number of hydrogen-bond acceptors (Lipinski definition) is 8. The van der Waals surface area contributed by atoms with Gasteiger partial charge in [0.1, 0.15) is 29.1 Å². The summed E-state index contributed by atoms with van der Waals surface area (Å²) >= 11 is 0. The van der Waals surface area contributed by atoms with Crippen molar-refractivity contribution in [2.75, 3.05) is 20.2 Å². The molecule has 204 valence electrons. The van der Waals surface area contributed by atoms with Gasteiger partial charge in [-0.15, -0.1) is 0 Å². The van der Waals surface area contributed by atoms with Gasteiger partial charge in [0.05, 0.1) is 19.7 Å². The monoisotopic (exact) mass is 534 g/mol. The first-order valence-electron chi connectivity index (χ1n) is 12.9. The lowest BCUT2D eigenvalue weighted by Crippen LogP contribution is -2.53. The van der Waals surface area contributed by atoms with Gasteiger partial charge in [0, 0.05) is 24.2 Å². The molecule has 3 amide bonds. The molecule has 4 heterocycles. The van der Waals surface area contributed by atoms with E-state index in [-0.39, 0.29) is 41.7 Å². The molecule has 1 N–H and O–H groups in total. The fourth-order valence-electron chi connectivity index (χ4n) is 5.31. The molecule has 0 radical (unpaired) electrons. The molecule has 2 aliphatic rings. The van der Waals surface area contributed by atoms with Crippen molar-refractivity contribution in [1.82, 2.24) is 20.1 Å². The standard InChI is InChI=1S/C28H30N4O7/c1-16(2)12-20(30-28(36)39-24-14-17-13-18(37-3)7-8-23(17)38-24)27(35)31-11-9-21-25(31)22(33)15-32(21)26(34)19-6-4-5-10-29-19/h4-8,10,13-14,16,20-21,25H,9,11-12,15H2,1-3H3,(H,30,36). The molecule has 0 aliphatic carbocycles. The Morgan fingerprint density at radius 1 is 1.15 bits per heavy atom. The number of fused-ring (bicyclic) bond motifs is 2. The van der Waals surface area contributed by atoms with E-state index >= 15 is 0 Å². The number of carbonyl (C=O) groups is 4. The third-order valence-electron chi connectivity index (χ3n) is 7.04. The van der Waals surface area contributed by atoms with Gasteiger partial charge >= 0.3 is 6.09 Å². The number of nitrogens with zero attached hydrogens (tertiary/aromatic N) is 3. The Morgan fingerprint density at radius 3 is 2.69 bits per heavy atom. The van der Waals surface area contributed by atoms with Crippen molar-refractivity contribution < 1.29 is 33.1 Å². The summed E-state index contributed by atoms with van der Waals surface area (Å²) in [5, 5.41) is 3.35. The minimum Gasteiger partial charge on any atom is -0.497 e. The number of benzene rings is 1. The van der Waals surface area contributed by atoms with Crippen LogP contribution in [0.25, 0.3) is 11.0 Å². The molecule has 2 aliphatic heterocycles. The van der Waals surface area contributed by atoms with Crippen LogP contribution in [0.1, 0.15) is 37.2 Å². The van der Waals surface area contributed by atoms with Gasteiger partial charge in [-0.05, 0) is 49.1 Å². The number of carbonyl (C=O) groups excluding carboxylic acids is 4. The highest BCUT2D eigenvalue weighted by Gasteiger charge is 2.52. The van der Waals surface area contributed by atoms with E-state index in [9.17, 15) is 19.2 Å². The number of aromatic nitrogens is 1. The predicted molar refractivity (Wildman–Crippen MR) is 139 cm³/mol.